The summed E-state index contributed by atoms with van der Waals surface area (Å²) in [6.45, 7) is 1.99. The molecule has 0 radical (unpaired) electrons. The van der Waals surface area contributed by atoms with Gasteiger partial charge in [-0.15, -0.1) is 0 Å². The Morgan fingerprint density at radius 1 is 1.00 bits per heavy atom. The van der Waals surface area contributed by atoms with Crippen molar-refractivity contribution in [2.75, 3.05) is 7.11 Å². The van der Waals surface area contributed by atoms with E-state index < -0.39 is 0 Å². The molecule has 0 aliphatic rings. The van der Waals surface area contributed by atoms with Crippen LogP contribution in [0.5, 0.6) is 5.75 Å². The van der Waals surface area contributed by atoms with Gasteiger partial charge in [0.15, 0.2) is 0 Å². The Kier molecular flexibility index (Phi) is 3.45. The predicted octanol–water partition coefficient (Wildman–Crippen LogP) is 3.38. The highest BCUT2D eigenvalue weighted by atomic mass is 16.5. The average Bonchev–Trinajstić information content (AvgIpc) is 2.39. The van der Waals surface area contributed by atoms with Crippen molar-refractivity contribution in [3.8, 4) is 16.9 Å². The maximum atomic E-state index is 5.89. The topological polar surface area (TPSA) is 35.2 Å². The first-order valence-corrected chi connectivity index (χ1v) is 5.70. The monoisotopic (exact) mass is 227 g/mol. The smallest absolute Gasteiger partial charge is 0.118 e. The molecule has 0 saturated heterocycles. The third-order valence-electron chi connectivity index (χ3n) is 2.84. The van der Waals surface area contributed by atoms with Crippen molar-refractivity contribution in [3.63, 3.8) is 0 Å². The van der Waals surface area contributed by atoms with Crippen LogP contribution in [0.25, 0.3) is 11.1 Å². The molecule has 0 spiro atoms. The van der Waals surface area contributed by atoms with Crippen LogP contribution in [0.4, 0.5) is 0 Å². The fourth-order valence-electron chi connectivity index (χ4n) is 1.78. The lowest BCUT2D eigenvalue weighted by Crippen LogP contribution is -2.04. The molecule has 0 fully saturated rings. The molecule has 2 N–H and O–H groups in total. The van der Waals surface area contributed by atoms with E-state index in [0.717, 1.165) is 11.3 Å². The summed E-state index contributed by atoms with van der Waals surface area (Å²) < 4.78 is 5.15. The van der Waals surface area contributed by atoms with Crippen molar-refractivity contribution in [2.24, 2.45) is 5.73 Å². The van der Waals surface area contributed by atoms with E-state index in [9.17, 15) is 0 Å². The van der Waals surface area contributed by atoms with E-state index >= 15 is 0 Å². The molecule has 17 heavy (non-hydrogen) atoms. The summed E-state index contributed by atoms with van der Waals surface area (Å²) in [4.78, 5) is 0. The minimum Gasteiger partial charge on any atom is -0.497 e. The van der Waals surface area contributed by atoms with Crippen molar-refractivity contribution in [3.05, 3.63) is 54.1 Å². The van der Waals surface area contributed by atoms with Gasteiger partial charge in [0.25, 0.3) is 0 Å². The Morgan fingerprint density at radius 3 is 2.29 bits per heavy atom. The number of hydrogen-bond acceptors (Lipinski definition) is 2. The Hall–Kier alpha value is -1.80. The van der Waals surface area contributed by atoms with Crippen molar-refractivity contribution in [1.29, 1.82) is 0 Å². The first kappa shape index (κ1) is 11.7. The highest BCUT2D eigenvalue weighted by molar-refractivity contribution is 5.65. The molecule has 0 heterocycles. The second-order valence-electron chi connectivity index (χ2n) is 4.14. The fraction of sp³-hybridized carbons (Fsp3) is 0.200. The summed E-state index contributed by atoms with van der Waals surface area (Å²) in [7, 11) is 1.67. The van der Waals surface area contributed by atoms with E-state index in [-0.39, 0.29) is 6.04 Å². The first-order valence-electron chi connectivity index (χ1n) is 5.70. The number of rotatable bonds is 3. The van der Waals surface area contributed by atoms with Gasteiger partial charge in [-0.25, -0.2) is 0 Å². The van der Waals surface area contributed by atoms with Crippen LogP contribution in [0.2, 0.25) is 0 Å². The van der Waals surface area contributed by atoms with E-state index in [1.807, 2.05) is 25.1 Å². The third-order valence-corrected chi connectivity index (χ3v) is 2.84. The molecule has 2 aromatic rings. The molecule has 2 nitrogen and oxygen atoms in total. The molecule has 0 amide bonds. The average molecular weight is 227 g/mol. The standard InChI is InChI=1S/C15H17NO/c1-11(16)13-4-3-5-14(10-13)12-6-8-15(17-2)9-7-12/h3-11H,16H2,1-2H3/t11-/m0/s1. The van der Waals surface area contributed by atoms with Gasteiger partial charge in [0, 0.05) is 6.04 Å². The summed E-state index contributed by atoms with van der Waals surface area (Å²) >= 11 is 0. The lowest BCUT2D eigenvalue weighted by atomic mass is 10.0. The van der Waals surface area contributed by atoms with Gasteiger partial charge >= 0.3 is 0 Å². The van der Waals surface area contributed by atoms with Crippen LogP contribution in [0.15, 0.2) is 48.5 Å². The van der Waals surface area contributed by atoms with Crippen LogP contribution in [-0.4, -0.2) is 7.11 Å². The van der Waals surface area contributed by atoms with Crippen LogP contribution in [0.1, 0.15) is 18.5 Å². The van der Waals surface area contributed by atoms with Gasteiger partial charge in [-0.1, -0.05) is 30.3 Å². The molecular formula is C15H17NO. The summed E-state index contributed by atoms with van der Waals surface area (Å²) in [5, 5.41) is 0. The molecule has 0 aromatic heterocycles. The second kappa shape index (κ2) is 5.02. The predicted molar refractivity (Wildman–Crippen MR) is 71.0 cm³/mol. The molecule has 0 bridgehead atoms. The number of nitrogens with two attached hydrogens (primary N) is 1. The SMILES string of the molecule is COc1ccc(-c2cccc([C@H](C)N)c2)cc1. The van der Waals surface area contributed by atoms with Crippen molar-refractivity contribution >= 4 is 0 Å². The second-order valence-corrected chi connectivity index (χ2v) is 4.14. The van der Waals surface area contributed by atoms with Crippen molar-refractivity contribution in [1.82, 2.24) is 0 Å². The lowest BCUT2D eigenvalue weighted by molar-refractivity contribution is 0.415. The van der Waals surface area contributed by atoms with Crippen LogP contribution in [-0.2, 0) is 0 Å². The summed E-state index contributed by atoms with van der Waals surface area (Å²) in [6, 6.07) is 16.4. The molecule has 0 unspecified atom stereocenters. The van der Waals surface area contributed by atoms with E-state index in [4.69, 9.17) is 10.5 Å². The van der Waals surface area contributed by atoms with Gasteiger partial charge in [0.2, 0.25) is 0 Å². The Bertz CT molecular complexity index is 489. The Balaban J connectivity index is 2.35. The molecular weight excluding hydrogens is 210 g/mol. The first-order chi connectivity index (χ1) is 8.20. The summed E-state index contributed by atoms with van der Waals surface area (Å²) in [5.74, 6) is 0.872. The molecule has 2 aromatic carbocycles. The lowest BCUT2D eigenvalue weighted by Gasteiger charge is -2.09. The number of ether oxygens (including phenoxy) is 1. The van der Waals surface area contributed by atoms with Crippen LogP contribution in [0, 0.1) is 0 Å². The van der Waals surface area contributed by atoms with Gasteiger partial charge in [-0.05, 0) is 41.8 Å². The summed E-state index contributed by atoms with van der Waals surface area (Å²) in [5.41, 5.74) is 9.39. The number of methoxy groups -OCH3 is 1. The minimum atomic E-state index is 0.0631. The maximum Gasteiger partial charge on any atom is 0.118 e. The van der Waals surface area contributed by atoms with Crippen LogP contribution < -0.4 is 10.5 Å². The largest absolute Gasteiger partial charge is 0.497 e. The summed E-state index contributed by atoms with van der Waals surface area (Å²) in [6.07, 6.45) is 0. The van der Waals surface area contributed by atoms with E-state index in [0.29, 0.717) is 0 Å². The van der Waals surface area contributed by atoms with Gasteiger partial charge in [0.1, 0.15) is 5.75 Å². The zero-order valence-electron chi connectivity index (χ0n) is 10.2. The molecule has 0 saturated carbocycles. The van der Waals surface area contributed by atoms with Gasteiger partial charge in [0.05, 0.1) is 7.11 Å². The zero-order chi connectivity index (χ0) is 12.3. The normalized spacial score (nSPS) is 12.2. The molecule has 2 heteroatoms. The van der Waals surface area contributed by atoms with Gasteiger partial charge in [-0.3, -0.25) is 0 Å². The van der Waals surface area contributed by atoms with Crippen molar-refractivity contribution < 1.29 is 4.74 Å². The zero-order valence-corrected chi connectivity index (χ0v) is 10.2. The Labute approximate surface area is 102 Å². The minimum absolute atomic E-state index is 0.0631. The van der Waals surface area contributed by atoms with Crippen LogP contribution >= 0.6 is 0 Å². The highest BCUT2D eigenvalue weighted by Crippen LogP contribution is 2.24. The van der Waals surface area contributed by atoms with Crippen molar-refractivity contribution in [2.45, 2.75) is 13.0 Å². The maximum absolute atomic E-state index is 5.89. The molecule has 0 aliphatic carbocycles. The number of benzene rings is 2. The number of hydrogen-bond donors (Lipinski definition) is 1. The molecule has 1 atom stereocenters. The molecule has 0 aliphatic heterocycles. The van der Waals surface area contributed by atoms with E-state index in [1.54, 1.807) is 7.11 Å². The quantitative estimate of drug-likeness (QED) is 0.872. The van der Waals surface area contributed by atoms with Gasteiger partial charge < -0.3 is 10.5 Å². The van der Waals surface area contributed by atoms with Gasteiger partial charge in [-0.2, -0.15) is 0 Å². The van der Waals surface area contributed by atoms with E-state index in [2.05, 4.69) is 30.3 Å². The van der Waals surface area contributed by atoms with Crippen LogP contribution in [0.3, 0.4) is 0 Å². The Morgan fingerprint density at radius 2 is 1.71 bits per heavy atom. The highest BCUT2D eigenvalue weighted by Gasteiger charge is 2.02. The molecule has 2 rings (SSSR count). The fourth-order valence-corrected chi connectivity index (χ4v) is 1.78. The molecule has 88 valence electrons. The van der Waals surface area contributed by atoms with E-state index in [1.165, 1.54) is 11.1 Å². The third kappa shape index (κ3) is 2.66.